The molecule has 1 atom stereocenters. The molecule has 1 fully saturated rings. The largest absolute Gasteiger partial charge is 0.495 e. The lowest BCUT2D eigenvalue weighted by atomic mass is 10.1. The third-order valence-corrected chi connectivity index (χ3v) is 4.53. The van der Waals surface area contributed by atoms with E-state index in [0.29, 0.717) is 24.0 Å². The zero-order valence-corrected chi connectivity index (χ0v) is 16.3. The van der Waals surface area contributed by atoms with E-state index in [4.69, 9.17) is 10.5 Å². The lowest BCUT2D eigenvalue weighted by Crippen LogP contribution is -2.49. The van der Waals surface area contributed by atoms with Gasteiger partial charge in [0.2, 0.25) is 11.8 Å². The van der Waals surface area contributed by atoms with Gasteiger partial charge in [-0.05, 0) is 38.6 Å². The van der Waals surface area contributed by atoms with Crippen molar-refractivity contribution >= 4 is 29.9 Å². The minimum Gasteiger partial charge on any atom is -0.495 e. The summed E-state index contributed by atoms with van der Waals surface area (Å²) in [5.41, 5.74) is 5.95. The Hall–Kier alpha value is -1.83. The van der Waals surface area contributed by atoms with E-state index in [-0.39, 0.29) is 31.3 Å². The van der Waals surface area contributed by atoms with E-state index < -0.39 is 5.91 Å². The van der Waals surface area contributed by atoms with Gasteiger partial charge in [0.25, 0.3) is 0 Å². The molecule has 1 saturated heterocycles. The van der Waals surface area contributed by atoms with Crippen LogP contribution >= 0.6 is 12.4 Å². The van der Waals surface area contributed by atoms with Crippen LogP contribution in [0.2, 0.25) is 0 Å². The van der Waals surface area contributed by atoms with Gasteiger partial charge in [-0.25, -0.2) is 0 Å². The van der Waals surface area contributed by atoms with Crippen molar-refractivity contribution in [3.05, 3.63) is 24.3 Å². The van der Waals surface area contributed by atoms with Gasteiger partial charge in [-0.3, -0.25) is 14.5 Å². The fraction of sp³-hybridized carbons (Fsp3) is 0.556. The van der Waals surface area contributed by atoms with Crippen molar-refractivity contribution < 1.29 is 14.3 Å². The summed E-state index contributed by atoms with van der Waals surface area (Å²) in [5, 5.41) is 3.28. The number of rotatable bonds is 8. The van der Waals surface area contributed by atoms with Crippen molar-refractivity contribution in [2.45, 2.75) is 25.3 Å². The maximum Gasteiger partial charge on any atom is 0.241 e. The molecule has 0 aromatic heterocycles. The van der Waals surface area contributed by atoms with Crippen LogP contribution in [-0.4, -0.2) is 63.1 Å². The molecule has 0 aliphatic carbocycles. The van der Waals surface area contributed by atoms with Crippen LogP contribution in [0.15, 0.2) is 24.3 Å². The van der Waals surface area contributed by atoms with E-state index in [1.54, 1.807) is 18.1 Å². The number of primary amides is 1. The second-order valence-corrected chi connectivity index (χ2v) is 6.30. The first-order valence-corrected chi connectivity index (χ1v) is 8.66. The molecule has 146 valence electrons. The molecule has 0 saturated carbocycles. The summed E-state index contributed by atoms with van der Waals surface area (Å²) < 4.78 is 5.37. The molecule has 2 rings (SSSR count). The summed E-state index contributed by atoms with van der Waals surface area (Å²) in [5.74, 6) is 0.121. The normalized spacial score (nSPS) is 17.2. The number of nitrogens with zero attached hydrogens (tertiary/aromatic N) is 2. The van der Waals surface area contributed by atoms with Crippen LogP contribution < -0.4 is 20.7 Å². The Labute approximate surface area is 161 Å². The topological polar surface area (TPSA) is 87.9 Å². The minimum absolute atomic E-state index is 0. The number of hydrogen-bond donors (Lipinski definition) is 2. The summed E-state index contributed by atoms with van der Waals surface area (Å²) in [4.78, 5) is 27.9. The molecule has 0 spiro atoms. The number of nitrogens with two attached hydrogens (primary N) is 1. The molecule has 1 aromatic carbocycles. The molecule has 26 heavy (non-hydrogen) atoms. The zero-order valence-electron chi connectivity index (χ0n) is 15.4. The Bertz CT molecular complexity index is 600. The number of nitrogens with one attached hydrogen (secondary N) is 1. The SMILES string of the molecule is CNC1CCCN(CC(=O)N(CCC(N)=O)c2ccccc2OC)C1.Cl. The quantitative estimate of drug-likeness (QED) is 0.698. The molecule has 8 heteroatoms. The minimum atomic E-state index is -0.430. The number of anilines is 1. The third-order valence-electron chi connectivity index (χ3n) is 4.53. The molecule has 7 nitrogen and oxygen atoms in total. The Morgan fingerprint density at radius 3 is 2.77 bits per heavy atom. The van der Waals surface area contributed by atoms with Gasteiger partial charge in [0.15, 0.2) is 0 Å². The van der Waals surface area contributed by atoms with Crippen molar-refractivity contribution in [2.24, 2.45) is 5.73 Å². The summed E-state index contributed by atoms with van der Waals surface area (Å²) >= 11 is 0. The smallest absolute Gasteiger partial charge is 0.241 e. The summed E-state index contributed by atoms with van der Waals surface area (Å²) in [6.07, 6.45) is 2.30. The van der Waals surface area contributed by atoms with E-state index in [1.807, 2.05) is 25.2 Å². The molecule has 1 unspecified atom stereocenters. The predicted octanol–water partition coefficient (Wildman–Crippen LogP) is 1.01. The second-order valence-electron chi connectivity index (χ2n) is 6.30. The van der Waals surface area contributed by atoms with Gasteiger partial charge in [-0.15, -0.1) is 12.4 Å². The highest BCUT2D eigenvalue weighted by Gasteiger charge is 2.25. The fourth-order valence-corrected chi connectivity index (χ4v) is 3.17. The average molecular weight is 385 g/mol. The molecular formula is C18H29ClN4O3. The van der Waals surface area contributed by atoms with Crippen LogP contribution in [-0.2, 0) is 9.59 Å². The number of methoxy groups -OCH3 is 1. The predicted molar refractivity (Wildman–Crippen MR) is 105 cm³/mol. The number of ether oxygens (including phenoxy) is 1. The van der Waals surface area contributed by atoms with Gasteiger partial charge in [0.1, 0.15) is 5.75 Å². The summed E-state index contributed by atoms with van der Waals surface area (Å²) in [6.45, 7) is 2.31. The molecule has 0 radical (unpaired) electrons. The summed E-state index contributed by atoms with van der Waals surface area (Å²) in [6, 6.07) is 7.73. The van der Waals surface area contributed by atoms with Gasteiger partial charge in [-0.1, -0.05) is 12.1 Å². The number of benzene rings is 1. The van der Waals surface area contributed by atoms with Crippen LogP contribution in [0.1, 0.15) is 19.3 Å². The number of halogens is 1. The number of likely N-dealkylation sites (N-methyl/N-ethyl adjacent to an activating group) is 1. The highest BCUT2D eigenvalue weighted by atomic mass is 35.5. The third kappa shape index (κ3) is 6.16. The monoisotopic (exact) mass is 384 g/mol. The first kappa shape index (κ1) is 22.2. The number of carbonyl (C=O) groups excluding carboxylic acids is 2. The van der Waals surface area contributed by atoms with Crippen LogP contribution in [0.5, 0.6) is 5.75 Å². The Morgan fingerprint density at radius 2 is 2.12 bits per heavy atom. The van der Waals surface area contributed by atoms with Gasteiger partial charge < -0.3 is 20.7 Å². The van der Waals surface area contributed by atoms with Crippen LogP contribution in [0.25, 0.3) is 0 Å². The van der Waals surface area contributed by atoms with Crippen LogP contribution in [0, 0.1) is 0 Å². The standard InChI is InChI=1S/C18H28N4O3.ClH/c1-20-14-6-5-10-21(12-14)13-18(24)22(11-9-17(19)23)15-7-3-4-8-16(15)25-2;/h3-4,7-8,14,20H,5-6,9-13H2,1-2H3,(H2,19,23);1H. The van der Waals surface area contributed by atoms with E-state index in [0.717, 1.165) is 25.9 Å². The molecule has 1 heterocycles. The van der Waals surface area contributed by atoms with Crippen molar-refractivity contribution in [1.82, 2.24) is 10.2 Å². The van der Waals surface area contributed by atoms with E-state index in [9.17, 15) is 9.59 Å². The lowest BCUT2D eigenvalue weighted by molar-refractivity contribution is -0.120. The Morgan fingerprint density at radius 1 is 1.38 bits per heavy atom. The van der Waals surface area contributed by atoms with E-state index >= 15 is 0 Å². The number of piperidine rings is 1. The van der Waals surface area contributed by atoms with E-state index in [1.165, 1.54) is 0 Å². The van der Waals surface area contributed by atoms with Gasteiger partial charge in [0.05, 0.1) is 19.3 Å². The number of para-hydroxylation sites is 2. The number of amides is 2. The average Bonchev–Trinajstić information content (AvgIpc) is 2.62. The Balaban J connectivity index is 0.00000338. The first-order chi connectivity index (χ1) is 12.0. The maximum atomic E-state index is 12.9. The number of carbonyl (C=O) groups is 2. The summed E-state index contributed by atoms with van der Waals surface area (Å²) in [7, 11) is 3.52. The van der Waals surface area contributed by atoms with Gasteiger partial charge in [0, 0.05) is 25.6 Å². The van der Waals surface area contributed by atoms with Crippen molar-refractivity contribution in [3.63, 3.8) is 0 Å². The number of hydrogen-bond acceptors (Lipinski definition) is 5. The van der Waals surface area contributed by atoms with Crippen LogP contribution in [0.4, 0.5) is 5.69 Å². The lowest BCUT2D eigenvalue weighted by Gasteiger charge is -2.34. The molecule has 1 aliphatic rings. The Kier molecular flexibility index (Phi) is 9.40. The molecule has 1 aromatic rings. The molecule has 3 N–H and O–H groups in total. The molecule has 2 amide bonds. The van der Waals surface area contributed by atoms with Gasteiger partial charge >= 0.3 is 0 Å². The van der Waals surface area contributed by atoms with Crippen molar-refractivity contribution in [2.75, 3.05) is 45.2 Å². The number of likely N-dealkylation sites (tertiary alicyclic amines) is 1. The highest BCUT2D eigenvalue weighted by Crippen LogP contribution is 2.28. The highest BCUT2D eigenvalue weighted by molar-refractivity contribution is 5.96. The molecular weight excluding hydrogens is 356 g/mol. The van der Waals surface area contributed by atoms with Crippen LogP contribution in [0.3, 0.4) is 0 Å². The van der Waals surface area contributed by atoms with Crippen molar-refractivity contribution in [3.8, 4) is 5.75 Å². The zero-order chi connectivity index (χ0) is 18.2. The first-order valence-electron chi connectivity index (χ1n) is 8.66. The molecule has 0 bridgehead atoms. The maximum absolute atomic E-state index is 12.9. The fourth-order valence-electron chi connectivity index (χ4n) is 3.17. The van der Waals surface area contributed by atoms with Gasteiger partial charge in [-0.2, -0.15) is 0 Å². The van der Waals surface area contributed by atoms with E-state index in [2.05, 4.69) is 10.2 Å². The van der Waals surface area contributed by atoms with Crippen molar-refractivity contribution in [1.29, 1.82) is 0 Å². The molecule has 1 aliphatic heterocycles. The second kappa shape index (κ2) is 11.0.